The fourth-order valence-electron chi connectivity index (χ4n) is 3.61. The second-order valence-corrected chi connectivity index (χ2v) is 5.85. The topological polar surface area (TPSA) is 39.7 Å². The molecule has 3 saturated heterocycles. The number of hydrogen-bond donors (Lipinski definition) is 1. The largest absolute Gasteiger partial charge is 0.381 e. The molecule has 3 unspecified atom stereocenters. The summed E-state index contributed by atoms with van der Waals surface area (Å²) < 4.78 is 17.3. The summed E-state index contributed by atoms with van der Waals surface area (Å²) in [5.74, 6) is 0.713. The molecule has 0 aromatic heterocycles. The minimum Gasteiger partial charge on any atom is -0.381 e. The Balaban J connectivity index is 1.67. The molecule has 3 fully saturated rings. The smallest absolute Gasteiger partial charge is 0.0858 e. The molecule has 4 nitrogen and oxygen atoms in total. The Morgan fingerprint density at radius 1 is 1.06 bits per heavy atom. The molecule has 104 valence electrons. The lowest BCUT2D eigenvalue weighted by atomic mass is 9.80. The summed E-state index contributed by atoms with van der Waals surface area (Å²) in [4.78, 5) is 0. The minimum absolute atomic E-state index is 0.0251. The van der Waals surface area contributed by atoms with Crippen LogP contribution in [0, 0.1) is 5.92 Å². The zero-order valence-electron chi connectivity index (χ0n) is 11.2. The lowest BCUT2D eigenvalue weighted by molar-refractivity contribution is -0.112. The Morgan fingerprint density at radius 3 is 2.94 bits per heavy atom. The van der Waals surface area contributed by atoms with Crippen LogP contribution in [0.25, 0.3) is 0 Å². The van der Waals surface area contributed by atoms with Crippen molar-refractivity contribution in [2.24, 2.45) is 5.92 Å². The van der Waals surface area contributed by atoms with Crippen LogP contribution >= 0.6 is 0 Å². The van der Waals surface area contributed by atoms with E-state index in [-0.39, 0.29) is 5.60 Å². The first-order chi connectivity index (χ1) is 8.89. The fourth-order valence-corrected chi connectivity index (χ4v) is 3.61. The highest BCUT2D eigenvalue weighted by Gasteiger charge is 2.43. The van der Waals surface area contributed by atoms with E-state index >= 15 is 0 Å². The maximum absolute atomic E-state index is 6.23. The second kappa shape index (κ2) is 5.87. The predicted molar refractivity (Wildman–Crippen MR) is 68.7 cm³/mol. The average molecular weight is 255 g/mol. The van der Waals surface area contributed by atoms with Crippen molar-refractivity contribution in [3.8, 4) is 0 Å². The summed E-state index contributed by atoms with van der Waals surface area (Å²) in [7, 11) is 0. The summed E-state index contributed by atoms with van der Waals surface area (Å²) in [6.07, 6.45) is 5.71. The Hall–Kier alpha value is -0.160. The molecule has 0 saturated carbocycles. The van der Waals surface area contributed by atoms with E-state index in [1.54, 1.807) is 0 Å². The van der Waals surface area contributed by atoms with E-state index in [0.29, 0.717) is 12.0 Å². The molecule has 0 aliphatic carbocycles. The lowest BCUT2D eigenvalue weighted by Crippen LogP contribution is -2.58. The van der Waals surface area contributed by atoms with Crippen molar-refractivity contribution in [2.45, 2.75) is 43.7 Å². The van der Waals surface area contributed by atoms with E-state index in [1.165, 1.54) is 12.8 Å². The standard InChI is InChI=1S/C14H25NO3/c1-3-14(4-8-16-6-1)13(15-5-9-18-14)10-12-2-7-17-11-12/h12-13,15H,1-11H2. The van der Waals surface area contributed by atoms with Gasteiger partial charge in [0.2, 0.25) is 0 Å². The summed E-state index contributed by atoms with van der Waals surface area (Å²) in [6.45, 7) is 5.45. The number of morpholine rings is 1. The first kappa shape index (κ1) is 12.9. The average Bonchev–Trinajstić information content (AvgIpc) is 2.79. The van der Waals surface area contributed by atoms with Gasteiger partial charge in [-0.05, 0) is 31.6 Å². The van der Waals surface area contributed by atoms with Crippen molar-refractivity contribution < 1.29 is 14.2 Å². The van der Waals surface area contributed by atoms with Gasteiger partial charge in [0.25, 0.3) is 0 Å². The highest BCUT2D eigenvalue weighted by molar-refractivity contribution is 4.98. The maximum Gasteiger partial charge on any atom is 0.0858 e. The van der Waals surface area contributed by atoms with Crippen molar-refractivity contribution in [3.05, 3.63) is 0 Å². The van der Waals surface area contributed by atoms with Crippen LogP contribution in [0.2, 0.25) is 0 Å². The molecule has 0 aromatic carbocycles. The van der Waals surface area contributed by atoms with Crippen LogP contribution < -0.4 is 5.32 Å². The Bertz CT molecular complexity index is 258. The van der Waals surface area contributed by atoms with Crippen molar-refractivity contribution in [1.82, 2.24) is 5.32 Å². The number of rotatable bonds is 2. The van der Waals surface area contributed by atoms with Crippen LogP contribution in [-0.2, 0) is 14.2 Å². The van der Waals surface area contributed by atoms with Gasteiger partial charge in [-0.2, -0.15) is 0 Å². The summed E-state index contributed by atoms with van der Waals surface area (Å²) in [6, 6.07) is 0.486. The lowest BCUT2D eigenvalue weighted by Gasteiger charge is -2.45. The monoisotopic (exact) mass is 255 g/mol. The molecule has 1 spiro atoms. The van der Waals surface area contributed by atoms with Crippen molar-refractivity contribution in [1.29, 1.82) is 0 Å². The van der Waals surface area contributed by atoms with Gasteiger partial charge in [-0.25, -0.2) is 0 Å². The van der Waals surface area contributed by atoms with Crippen LogP contribution in [-0.4, -0.2) is 51.2 Å². The summed E-state index contributed by atoms with van der Waals surface area (Å²) in [5, 5.41) is 3.70. The Kier molecular flexibility index (Phi) is 4.19. The summed E-state index contributed by atoms with van der Waals surface area (Å²) >= 11 is 0. The zero-order valence-corrected chi connectivity index (χ0v) is 11.2. The molecule has 18 heavy (non-hydrogen) atoms. The van der Waals surface area contributed by atoms with E-state index in [0.717, 1.165) is 58.8 Å². The first-order valence-electron chi connectivity index (χ1n) is 7.42. The Labute approximate surface area is 109 Å². The fraction of sp³-hybridized carbons (Fsp3) is 1.00. The second-order valence-electron chi connectivity index (χ2n) is 5.85. The number of nitrogens with one attached hydrogen (secondary N) is 1. The van der Waals surface area contributed by atoms with E-state index in [2.05, 4.69) is 5.32 Å². The maximum atomic E-state index is 6.23. The molecule has 0 aromatic rings. The molecule has 3 aliphatic rings. The Morgan fingerprint density at radius 2 is 2.06 bits per heavy atom. The molecule has 3 rings (SSSR count). The van der Waals surface area contributed by atoms with Gasteiger partial charge in [-0.15, -0.1) is 0 Å². The molecule has 4 heteroatoms. The number of hydrogen-bond acceptors (Lipinski definition) is 4. The van der Waals surface area contributed by atoms with Gasteiger partial charge < -0.3 is 19.5 Å². The molecule has 0 bridgehead atoms. The normalized spacial score (nSPS) is 42.0. The first-order valence-corrected chi connectivity index (χ1v) is 7.42. The van der Waals surface area contributed by atoms with Gasteiger partial charge in [0.15, 0.2) is 0 Å². The van der Waals surface area contributed by atoms with Crippen molar-refractivity contribution in [3.63, 3.8) is 0 Å². The molecule has 0 amide bonds. The summed E-state index contributed by atoms with van der Waals surface area (Å²) in [5.41, 5.74) is 0.0251. The van der Waals surface area contributed by atoms with Gasteiger partial charge in [0.1, 0.15) is 0 Å². The van der Waals surface area contributed by atoms with E-state index in [9.17, 15) is 0 Å². The van der Waals surface area contributed by atoms with Gasteiger partial charge in [0, 0.05) is 45.4 Å². The van der Waals surface area contributed by atoms with E-state index in [1.807, 2.05) is 0 Å². The zero-order chi connectivity index (χ0) is 12.3. The highest BCUT2D eigenvalue weighted by atomic mass is 16.5. The van der Waals surface area contributed by atoms with Crippen LogP contribution in [0.3, 0.4) is 0 Å². The SMILES string of the molecule is C1COCCC2(C1)OCCNC2CC1CCOC1. The van der Waals surface area contributed by atoms with Crippen LogP contribution in [0.4, 0.5) is 0 Å². The number of ether oxygens (including phenoxy) is 3. The predicted octanol–water partition coefficient (Wildman–Crippen LogP) is 1.34. The molecule has 3 atom stereocenters. The quantitative estimate of drug-likeness (QED) is 0.808. The third-order valence-electron chi connectivity index (χ3n) is 4.67. The molecular weight excluding hydrogens is 230 g/mol. The van der Waals surface area contributed by atoms with Crippen LogP contribution in [0.15, 0.2) is 0 Å². The van der Waals surface area contributed by atoms with E-state index < -0.39 is 0 Å². The molecule has 1 N–H and O–H groups in total. The van der Waals surface area contributed by atoms with Crippen molar-refractivity contribution in [2.75, 3.05) is 39.6 Å². The van der Waals surface area contributed by atoms with Crippen LogP contribution in [0.5, 0.6) is 0 Å². The van der Waals surface area contributed by atoms with Crippen LogP contribution in [0.1, 0.15) is 32.1 Å². The van der Waals surface area contributed by atoms with E-state index in [4.69, 9.17) is 14.2 Å². The third-order valence-corrected chi connectivity index (χ3v) is 4.67. The third kappa shape index (κ3) is 2.72. The van der Waals surface area contributed by atoms with Crippen molar-refractivity contribution >= 4 is 0 Å². The van der Waals surface area contributed by atoms with Gasteiger partial charge in [-0.3, -0.25) is 0 Å². The molecular formula is C14H25NO3. The highest BCUT2D eigenvalue weighted by Crippen LogP contribution is 2.35. The van der Waals surface area contributed by atoms with Gasteiger partial charge >= 0.3 is 0 Å². The molecule has 0 radical (unpaired) electrons. The minimum atomic E-state index is 0.0251. The molecule has 3 aliphatic heterocycles. The molecule has 3 heterocycles. The van der Waals surface area contributed by atoms with Gasteiger partial charge in [0.05, 0.1) is 12.2 Å². The van der Waals surface area contributed by atoms with Gasteiger partial charge in [-0.1, -0.05) is 0 Å².